The number of thioether (sulfide) groups is 1. The SMILES string of the molecule is CC(C)(Sc1cccc(/C=C/Cn2ncnc2C(=O)c2ccc(C(F)(F)F)cc2)c1)C(=O)O. The van der Waals surface area contributed by atoms with E-state index in [1.807, 2.05) is 24.3 Å². The molecule has 10 heteroatoms. The lowest BCUT2D eigenvalue weighted by atomic mass is 10.1. The van der Waals surface area contributed by atoms with Crippen LogP contribution in [0.4, 0.5) is 13.2 Å². The zero-order valence-electron chi connectivity index (χ0n) is 17.7. The number of hydrogen-bond acceptors (Lipinski definition) is 5. The molecule has 0 fully saturated rings. The summed E-state index contributed by atoms with van der Waals surface area (Å²) in [7, 11) is 0. The van der Waals surface area contributed by atoms with Crippen molar-refractivity contribution in [3.05, 3.63) is 83.4 Å². The van der Waals surface area contributed by atoms with Crippen molar-refractivity contribution in [1.29, 1.82) is 0 Å². The minimum absolute atomic E-state index is 0.00641. The molecule has 0 aliphatic rings. The third-order valence-electron chi connectivity index (χ3n) is 4.63. The third kappa shape index (κ3) is 6.10. The Labute approximate surface area is 192 Å². The van der Waals surface area contributed by atoms with E-state index in [-0.39, 0.29) is 17.9 Å². The number of aliphatic carboxylic acids is 1. The van der Waals surface area contributed by atoms with Gasteiger partial charge < -0.3 is 5.11 Å². The molecule has 0 saturated heterocycles. The Bertz CT molecular complexity index is 1190. The highest BCUT2D eigenvalue weighted by Crippen LogP contribution is 2.33. The number of halogens is 3. The molecule has 0 spiro atoms. The van der Waals surface area contributed by atoms with Crippen LogP contribution in [0.25, 0.3) is 6.08 Å². The summed E-state index contributed by atoms with van der Waals surface area (Å²) >= 11 is 1.23. The summed E-state index contributed by atoms with van der Waals surface area (Å²) in [5.74, 6) is -1.44. The molecule has 0 saturated carbocycles. The van der Waals surface area contributed by atoms with Crippen molar-refractivity contribution in [2.75, 3.05) is 0 Å². The van der Waals surface area contributed by atoms with Crippen molar-refractivity contribution in [2.24, 2.45) is 0 Å². The molecule has 1 heterocycles. The molecule has 3 aromatic rings. The van der Waals surface area contributed by atoms with Gasteiger partial charge in [0.25, 0.3) is 0 Å². The van der Waals surface area contributed by atoms with E-state index in [4.69, 9.17) is 0 Å². The molecule has 0 atom stereocenters. The van der Waals surface area contributed by atoms with Gasteiger partial charge in [-0.3, -0.25) is 9.59 Å². The maximum absolute atomic E-state index is 12.7. The fourth-order valence-electron chi connectivity index (χ4n) is 2.82. The lowest BCUT2D eigenvalue weighted by Crippen LogP contribution is -2.26. The minimum Gasteiger partial charge on any atom is -0.480 e. The van der Waals surface area contributed by atoms with E-state index in [9.17, 15) is 27.9 Å². The van der Waals surface area contributed by atoms with Crippen LogP contribution in [-0.4, -0.2) is 36.4 Å². The number of carboxylic acids is 1. The quantitative estimate of drug-likeness (QED) is 0.356. The summed E-state index contributed by atoms with van der Waals surface area (Å²) in [6, 6.07) is 11.3. The van der Waals surface area contributed by atoms with Crippen molar-refractivity contribution >= 4 is 29.6 Å². The fraction of sp³-hybridized carbons (Fsp3) is 0.217. The molecule has 0 aliphatic carbocycles. The highest BCUT2D eigenvalue weighted by atomic mass is 32.2. The smallest absolute Gasteiger partial charge is 0.416 e. The zero-order valence-corrected chi connectivity index (χ0v) is 18.5. The molecule has 0 unspecified atom stereocenters. The molecule has 33 heavy (non-hydrogen) atoms. The number of benzene rings is 2. The number of aromatic nitrogens is 3. The second-order valence-corrected chi connectivity index (χ2v) is 9.26. The molecule has 1 N–H and O–H groups in total. The van der Waals surface area contributed by atoms with Gasteiger partial charge in [0.05, 0.1) is 12.1 Å². The largest absolute Gasteiger partial charge is 0.480 e. The molecule has 172 valence electrons. The number of rotatable bonds is 8. The van der Waals surface area contributed by atoms with Crippen LogP contribution in [0, 0.1) is 0 Å². The van der Waals surface area contributed by atoms with Gasteiger partial charge in [0.1, 0.15) is 11.1 Å². The number of alkyl halides is 3. The Morgan fingerprint density at radius 3 is 2.45 bits per heavy atom. The predicted octanol–water partition coefficient (Wildman–Crippen LogP) is 5.20. The number of carbonyl (C=O) groups is 2. The fourth-order valence-corrected chi connectivity index (χ4v) is 3.84. The van der Waals surface area contributed by atoms with Gasteiger partial charge >= 0.3 is 12.1 Å². The number of ketones is 1. The van der Waals surface area contributed by atoms with E-state index in [1.165, 1.54) is 22.8 Å². The summed E-state index contributed by atoms with van der Waals surface area (Å²) in [4.78, 5) is 28.8. The van der Waals surface area contributed by atoms with Crippen LogP contribution >= 0.6 is 11.8 Å². The highest BCUT2D eigenvalue weighted by Gasteiger charge is 2.30. The third-order valence-corrected chi connectivity index (χ3v) is 5.80. The summed E-state index contributed by atoms with van der Waals surface area (Å²) in [5, 5.41) is 13.3. The van der Waals surface area contributed by atoms with Crippen LogP contribution in [0.3, 0.4) is 0 Å². The first-order valence-electron chi connectivity index (χ1n) is 9.76. The van der Waals surface area contributed by atoms with Crippen molar-refractivity contribution < 1.29 is 27.9 Å². The van der Waals surface area contributed by atoms with E-state index >= 15 is 0 Å². The predicted molar refractivity (Wildman–Crippen MR) is 118 cm³/mol. The lowest BCUT2D eigenvalue weighted by molar-refractivity contribution is -0.139. The Kier molecular flexibility index (Phi) is 7.06. The van der Waals surface area contributed by atoms with Gasteiger partial charge in [-0.1, -0.05) is 36.4 Å². The highest BCUT2D eigenvalue weighted by molar-refractivity contribution is 8.01. The van der Waals surface area contributed by atoms with Crippen LogP contribution in [0.1, 0.15) is 41.2 Å². The molecule has 0 radical (unpaired) electrons. The van der Waals surface area contributed by atoms with E-state index in [0.717, 1.165) is 34.7 Å². The molecule has 2 aromatic carbocycles. The van der Waals surface area contributed by atoms with Crippen LogP contribution in [0.5, 0.6) is 0 Å². The lowest BCUT2D eigenvalue weighted by Gasteiger charge is -2.18. The van der Waals surface area contributed by atoms with Gasteiger partial charge in [0, 0.05) is 10.5 Å². The van der Waals surface area contributed by atoms with Crippen LogP contribution < -0.4 is 0 Å². The number of nitrogens with zero attached hydrogens (tertiary/aromatic N) is 3. The number of allylic oxidation sites excluding steroid dienone is 1. The van der Waals surface area contributed by atoms with Crippen molar-refractivity contribution in [2.45, 2.75) is 36.2 Å². The normalized spacial score (nSPS) is 12.3. The van der Waals surface area contributed by atoms with Crippen molar-refractivity contribution in [1.82, 2.24) is 14.8 Å². The molecule has 0 amide bonds. The van der Waals surface area contributed by atoms with Crippen LogP contribution in [0.15, 0.2) is 65.8 Å². The van der Waals surface area contributed by atoms with Crippen molar-refractivity contribution in [3.8, 4) is 0 Å². The average Bonchev–Trinajstić information content (AvgIpc) is 3.21. The zero-order chi connectivity index (χ0) is 24.2. The Morgan fingerprint density at radius 2 is 1.82 bits per heavy atom. The number of carbonyl (C=O) groups excluding carboxylic acids is 1. The summed E-state index contributed by atoms with van der Waals surface area (Å²) in [6.07, 6.45) is 0.276. The van der Waals surface area contributed by atoms with E-state index < -0.39 is 28.2 Å². The van der Waals surface area contributed by atoms with Gasteiger partial charge in [-0.2, -0.15) is 18.3 Å². The van der Waals surface area contributed by atoms with Gasteiger partial charge in [0.15, 0.2) is 5.82 Å². The van der Waals surface area contributed by atoms with E-state index in [1.54, 1.807) is 26.0 Å². The summed E-state index contributed by atoms with van der Waals surface area (Å²) in [6.45, 7) is 3.46. The summed E-state index contributed by atoms with van der Waals surface area (Å²) < 4.78 is 38.6. The van der Waals surface area contributed by atoms with Gasteiger partial charge in [-0.25, -0.2) is 9.67 Å². The Hall–Kier alpha value is -3.40. The minimum atomic E-state index is -4.48. The first-order chi connectivity index (χ1) is 15.5. The van der Waals surface area contributed by atoms with Gasteiger partial charge in [-0.05, 0) is 43.7 Å². The Balaban J connectivity index is 1.71. The topological polar surface area (TPSA) is 85.1 Å². The molecular formula is C23H20F3N3O3S. The maximum Gasteiger partial charge on any atom is 0.416 e. The van der Waals surface area contributed by atoms with E-state index in [2.05, 4.69) is 10.1 Å². The molecule has 1 aromatic heterocycles. The number of carboxylic acid groups (broad SMARTS) is 1. The molecule has 3 rings (SSSR count). The summed E-state index contributed by atoms with van der Waals surface area (Å²) in [5.41, 5.74) is 0.0690. The van der Waals surface area contributed by atoms with Gasteiger partial charge in [0.2, 0.25) is 5.78 Å². The average molecular weight is 475 g/mol. The Morgan fingerprint density at radius 1 is 1.12 bits per heavy atom. The first kappa shape index (κ1) is 24.2. The standard InChI is InChI=1S/C23H20F3N3O3S/c1-22(2,21(31)32)33-18-7-3-5-15(13-18)6-4-12-29-20(27-14-28-29)19(30)16-8-10-17(11-9-16)23(24,25)26/h3-11,13-14H,12H2,1-2H3,(H,31,32)/b6-4+. The van der Waals surface area contributed by atoms with Crippen LogP contribution in [0.2, 0.25) is 0 Å². The monoisotopic (exact) mass is 475 g/mol. The second kappa shape index (κ2) is 9.62. The molecule has 0 aliphatic heterocycles. The van der Waals surface area contributed by atoms with Crippen molar-refractivity contribution in [3.63, 3.8) is 0 Å². The van der Waals surface area contributed by atoms with Crippen LogP contribution in [-0.2, 0) is 17.5 Å². The van der Waals surface area contributed by atoms with Gasteiger partial charge in [-0.15, -0.1) is 11.8 Å². The maximum atomic E-state index is 12.7. The first-order valence-corrected chi connectivity index (χ1v) is 10.6. The second-order valence-electron chi connectivity index (χ2n) is 7.56. The molecule has 0 bridgehead atoms. The molecular weight excluding hydrogens is 455 g/mol. The van der Waals surface area contributed by atoms with E-state index in [0.29, 0.717) is 0 Å². The molecule has 6 nitrogen and oxygen atoms in total. The number of hydrogen-bond donors (Lipinski definition) is 1.